The van der Waals surface area contributed by atoms with E-state index < -0.39 is 23.8 Å². The molecule has 1 aromatic carbocycles. The molecular formula is C15H13FN2O4. The van der Waals surface area contributed by atoms with E-state index in [1.54, 1.807) is 6.07 Å². The van der Waals surface area contributed by atoms with Gasteiger partial charge in [0.1, 0.15) is 5.82 Å². The van der Waals surface area contributed by atoms with Gasteiger partial charge >= 0.3 is 11.7 Å². The van der Waals surface area contributed by atoms with Crippen LogP contribution in [0, 0.1) is 11.0 Å². The standard InChI is InChI=1S/C15H13FN2O4/c1-10(14(19)17-12-7-3-2-6-11(12)16)22-15(20)13-8-4-5-9-18(13)21/h2-10H,1H3,(H,17,19)/t10-/m1/s1. The highest BCUT2D eigenvalue weighted by atomic mass is 19.1. The van der Waals surface area contributed by atoms with E-state index >= 15 is 0 Å². The van der Waals surface area contributed by atoms with Gasteiger partial charge in [0.05, 0.1) is 5.69 Å². The summed E-state index contributed by atoms with van der Waals surface area (Å²) in [7, 11) is 0. The van der Waals surface area contributed by atoms with Crippen LogP contribution in [-0.4, -0.2) is 18.0 Å². The normalized spacial score (nSPS) is 11.5. The molecule has 0 aliphatic carbocycles. The SMILES string of the molecule is C[C@@H](OC(=O)c1cccc[n+]1[O-])C(=O)Nc1ccccc1F. The minimum atomic E-state index is -1.19. The van der Waals surface area contributed by atoms with Crippen molar-refractivity contribution in [2.45, 2.75) is 13.0 Å². The number of benzene rings is 1. The minimum Gasteiger partial charge on any atom is -0.618 e. The van der Waals surface area contributed by atoms with Gasteiger partial charge in [0.2, 0.25) is 0 Å². The molecule has 0 aliphatic heterocycles. The number of para-hydroxylation sites is 1. The molecule has 0 aliphatic rings. The largest absolute Gasteiger partial charge is 0.618 e. The molecule has 1 amide bonds. The molecule has 1 atom stereocenters. The van der Waals surface area contributed by atoms with Crippen LogP contribution in [0.15, 0.2) is 48.7 Å². The number of aromatic nitrogens is 1. The number of hydrogen-bond donors (Lipinski definition) is 1. The van der Waals surface area contributed by atoms with Gasteiger partial charge in [-0.25, -0.2) is 9.18 Å². The Hall–Kier alpha value is -2.96. The Bertz CT molecular complexity index is 705. The summed E-state index contributed by atoms with van der Waals surface area (Å²) in [6.07, 6.45) is -0.0481. The fourth-order valence-electron chi connectivity index (χ4n) is 1.66. The number of nitrogens with one attached hydrogen (secondary N) is 1. The minimum absolute atomic E-state index is 0.0194. The van der Waals surface area contributed by atoms with Crippen LogP contribution < -0.4 is 10.0 Å². The van der Waals surface area contributed by atoms with Crippen LogP contribution >= 0.6 is 0 Å². The molecule has 7 heteroatoms. The van der Waals surface area contributed by atoms with Crippen LogP contribution in [0.3, 0.4) is 0 Å². The van der Waals surface area contributed by atoms with Crippen LogP contribution in [0.25, 0.3) is 0 Å². The van der Waals surface area contributed by atoms with Gasteiger partial charge in [-0.15, -0.1) is 0 Å². The second-order valence-electron chi connectivity index (χ2n) is 4.43. The summed E-state index contributed by atoms with van der Waals surface area (Å²) >= 11 is 0. The van der Waals surface area contributed by atoms with Crippen molar-refractivity contribution in [1.29, 1.82) is 0 Å². The van der Waals surface area contributed by atoms with Crippen molar-refractivity contribution in [3.05, 3.63) is 65.4 Å². The summed E-state index contributed by atoms with van der Waals surface area (Å²) in [6, 6.07) is 9.84. The first-order valence-corrected chi connectivity index (χ1v) is 6.43. The Kier molecular flexibility index (Phi) is 4.67. The lowest BCUT2D eigenvalue weighted by Gasteiger charge is -2.13. The number of carbonyl (C=O) groups is 2. The Morgan fingerprint density at radius 2 is 1.91 bits per heavy atom. The number of esters is 1. The third-order valence-corrected chi connectivity index (χ3v) is 2.82. The molecule has 0 bridgehead atoms. The second kappa shape index (κ2) is 6.66. The number of ether oxygens (including phenoxy) is 1. The summed E-state index contributed by atoms with van der Waals surface area (Å²) < 4.78 is 18.7. The van der Waals surface area contributed by atoms with Crippen molar-refractivity contribution < 1.29 is 23.4 Å². The summed E-state index contributed by atoms with van der Waals surface area (Å²) in [5, 5.41) is 13.7. The zero-order valence-corrected chi connectivity index (χ0v) is 11.7. The van der Waals surface area contributed by atoms with E-state index in [0.29, 0.717) is 4.73 Å². The maximum absolute atomic E-state index is 13.4. The lowest BCUT2D eigenvalue weighted by atomic mass is 10.3. The molecule has 1 N–H and O–H groups in total. The third kappa shape index (κ3) is 3.57. The summed E-state index contributed by atoms with van der Waals surface area (Å²) in [6.45, 7) is 1.33. The van der Waals surface area contributed by atoms with Gasteiger partial charge in [0.15, 0.2) is 12.3 Å². The first kappa shape index (κ1) is 15.4. The Labute approximate surface area is 125 Å². The maximum Gasteiger partial charge on any atom is 0.405 e. The van der Waals surface area contributed by atoms with Crippen molar-refractivity contribution in [3.8, 4) is 0 Å². The second-order valence-corrected chi connectivity index (χ2v) is 4.43. The molecule has 0 spiro atoms. The zero-order chi connectivity index (χ0) is 16.1. The monoisotopic (exact) mass is 304 g/mol. The van der Waals surface area contributed by atoms with Gasteiger partial charge in [0.25, 0.3) is 5.91 Å². The number of anilines is 1. The topological polar surface area (TPSA) is 82.3 Å². The smallest absolute Gasteiger partial charge is 0.405 e. The van der Waals surface area contributed by atoms with Gasteiger partial charge in [-0.2, -0.15) is 4.73 Å². The molecule has 0 saturated carbocycles. The van der Waals surface area contributed by atoms with Crippen molar-refractivity contribution in [2.24, 2.45) is 0 Å². The highest BCUT2D eigenvalue weighted by Gasteiger charge is 2.24. The third-order valence-electron chi connectivity index (χ3n) is 2.82. The average Bonchev–Trinajstić information content (AvgIpc) is 2.49. The number of rotatable bonds is 4. The fourth-order valence-corrected chi connectivity index (χ4v) is 1.66. The van der Waals surface area contributed by atoms with Crippen LogP contribution in [-0.2, 0) is 9.53 Å². The summed E-state index contributed by atoms with van der Waals surface area (Å²) in [5.74, 6) is -2.24. The molecule has 0 unspecified atom stereocenters. The number of halogens is 1. The highest BCUT2D eigenvalue weighted by molar-refractivity contribution is 5.96. The van der Waals surface area contributed by atoms with Gasteiger partial charge in [-0.1, -0.05) is 12.1 Å². The van der Waals surface area contributed by atoms with E-state index in [-0.39, 0.29) is 11.4 Å². The lowest BCUT2D eigenvalue weighted by molar-refractivity contribution is -0.608. The van der Waals surface area contributed by atoms with Crippen molar-refractivity contribution >= 4 is 17.6 Å². The van der Waals surface area contributed by atoms with Gasteiger partial charge < -0.3 is 15.3 Å². The molecule has 1 aromatic heterocycles. The van der Waals surface area contributed by atoms with Crippen LogP contribution in [0.1, 0.15) is 17.4 Å². The number of amides is 1. The van der Waals surface area contributed by atoms with Crippen LogP contribution in [0.4, 0.5) is 10.1 Å². The first-order valence-electron chi connectivity index (χ1n) is 6.43. The fraction of sp³-hybridized carbons (Fsp3) is 0.133. The predicted octanol–water partition coefficient (Wildman–Crippen LogP) is 1.64. The van der Waals surface area contributed by atoms with Crippen molar-refractivity contribution in [2.75, 3.05) is 5.32 Å². The van der Waals surface area contributed by atoms with Gasteiger partial charge in [-0.3, -0.25) is 4.79 Å². The van der Waals surface area contributed by atoms with E-state index in [1.807, 2.05) is 0 Å². The molecule has 114 valence electrons. The molecule has 0 radical (unpaired) electrons. The molecule has 0 fully saturated rings. The lowest BCUT2D eigenvalue weighted by Crippen LogP contribution is -2.37. The van der Waals surface area contributed by atoms with Crippen LogP contribution in [0.5, 0.6) is 0 Å². The Morgan fingerprint density at radius 1 is 1.23 bits per heavy atom. The summed E-state index contributed by atoms with van der Waals surface area (Å²) in [4.78, 5) is 23.7. The molecule has 22 heavy (non-hydrogen) atoms. The molecule has 0 saturated heterocycles. The molecule has 6 nitrogen and oxygen atoms in total. The molecular weight excluding hydrogens is 291 g/mol. The summed E-state index contributed by atoms with van der Waals surface area (Å²) in [5.41, 5.74) is -0.262. The molecule has 2 aromatic rings. The van der Waals surface area contributed by atoms with E-state index in [0.717, 1.165) is 6.20 Å². The molecule has 2 rings (SSSR count). The zero-order valence-electron chi connectivity index (χ0n) is 11.7. The van der Waals surface area contributed by atoms with Gasteiger partial charge in [-0.05, 0) is 25.1 Å². The van der Waals surface area contributed by atoms with E-state index in [1.165, 1.54) is 43.3 Å². The Morgan fingerprint density at radius 3 is 2.59 bits per heavy atom. The van der Waals surface area contributed by atoms with Crippen molar-refractivity contribution in [1.82, 2.24) is 0 Å². The number of carbonyl (C=O) groups excluding carboxylic acids is 2. The van der Waals surface area contributed by atoms with E-state index in [2.05, 4.69) is 5.32 Å². The number of pyridine rings is 1. The van der Waals surface area contributed by atoms with E-state index in [9.17, 15) is 19.2 Å². The van der Waals surface area contributed by atoms with Gasteiger partial charge in [0, 0.05) is 12.1 Å². The number of nitrogens with zero attached hydrogens (tertiary/aromatic N) is 1. The predicted molar refractivity (Wildman–Crippen MR) is 75.3 cm³/mol. The number of hydrogen-bond acceptors (Lipinski definition) is 4. The highest BCUT2D eigenvalue weighted by Crippen LogP contribution is 2.13. The quantitative estimate of drug-likeness (QED) is 0.529. The Balaban J connectivity index is 2.01. The maximum atomic E-state index is 13.4. The first-order chi connectivity index (χ1) is 10.5. The van der Waals surface area contributed by atoms with Crippen LogP contribution in [0.2, 0.25) is 0 Å². The molecule has 1 heterocycles. The van der Waals surface area contributed by atoms with E-state index in [4.69, 9.17) is 4.74 Å². The van der Waals surface area contributed by atoms with Crippen molar-refractivity contribution in [3.63, 3.8) is 0 Å². The average molecular weight is 304 g/mol.